The zero-order chi connectivity index (χ0) is 16.1. The van der Waals surface area contributed by atoms with Gasteiger partial charge in [0, 0.05) is 19.0 Å². The average Bonchev–Trinajstić information content (AvgIpc) is 2.94. The van der Waals surface area contributed by atoms with E-state index in [1.165, 1.54) is 0 Å². The molecule has 0 aliphatic carbocycles. The second-order valence-electron chi connectivity index (χ2n) is 5.86. The van der Waals surface area contributed by atoms with E-state index in [0.29, 0.717) is 13.0 Å². The summed E-state index contributed by atoms with van der Waals surface area (Å²) in [5, 5.41) is 8.93. The van der Waals surface area contributed by atoms with Crippen molar-refractivity contribution in [3.8, 4) is 5.75 Å². The lowest BCUT2D eigenvalue weighted by Crippen LogP contribution is -2.37. The third kappa shape index (κ3) is 4.00. The maximum Gasteiger partial charge on any atom is 0.305 e. The van der Waals surface area contributed by atoms with Crippen LogP contribution in [-0.4, -0.2) is 41.6 Å². The normalized spacial score (nSPS) is 19.0. The van der Waals surface area contributed by atoms with Gasteiger partial charge in [0.15, 0.2) is 0 Å². The van der Waals surface area contributed by atoms with Gasteiger partial charge in [-0.25, -0.2) is 0 Å². The van der Waals surface area contributed by atoms with E-state index in [-0.39, 0.29) is 24.3 Å². The molecular weight excluding hydrogens is 282 g/mol. The summed E-state index contributed by atoms with van der Waals surface area (Å²) in [6.07, 6.45) is 2.13. The molecule has 0 saturated carbocycles. The zero-order valence-corrected chi connectivity index (χ0v) is 13.1. The van der Waals surface area contributed by atoms with Crippen LogP contribution in [0.15, 0.2) is 24.3 Å². The van der Waals surface area contributed by atoms with E-state index in [1.807, 2.05) is 31.2 Å². The molecule has 1 aromatic carbocycles. The minimum Gasteiger partial charge on any atom is -0.497 e. The van der Waals surface area contributed by atoms with Crippen LogP contribution in [0.2, 0.25) is 0 Å². The summed E-state index contributed by atoms with van der Waals surface area (Å²) >= 11 is 0. The minimum absolute atomic E-state index is 0.0443. The number of methoxy groups -OCH3 is 1. The van der Waals surface area contributed by atoms with Crippen molar-refractivity contribution >= 4 is 11.9 Å². The van der Waals surface area contributed by atoms with Crippen molar-refractivity contribution in [1.29, 1.82) is 0 Å². The molecule has 1 fully saturated rings. The van der Waals surface area contributed by atoms with E-state index in [9.17, 15) is 9.59 Å². The number of benzene rings is 1. The minimum atomic E-state index is -0.840. The summed E-state index contributed by atoms with van der Waals surface area (Å²) in [5.74, 6) is 0.104. The van der Waals surface area contributed by atoms with Gasteiger partial charge in [-0.05, 0) is 36.5 Å². The van der Waals surface area contributed by atoms with Gasteiger partial charge in [-0.3, -0.25) is 9.59 Å². The number of hydrogen-bond acceptors (Lipinski definition) is 3. The Balaban J connectivity index is 1.96. The van der Waals surface area contributed by atoms with Gasteiger partial charge in [0.1, 0.15) is 5.75 Å². The molecule has 0 aromatic heterocycles. The van der Waals surface area contributed by atoms with Crippen LogP contribution in [0.5, 0.6) is 5.75 Å². The summed E-state index contributed by atoms with van der Waals surface area (Å²) in [6, 6.07) is 7.57. The molecule has 2 atom stereocenters. The van der Waals surface area contributed by atoms with Crippen molar-refractivity contribution < 1.29 is 19.4 Å². The molecule has 0 bridgehead atoms. The maximum absolute atomic E-state index is 12.5. The van der Waals surface area contributed by atoms with Gasteiger partial charge in [0.05, 0.1) is 13.5 Å². The Bertz CT molecular complexity index is 526. The van der Waals surface area contributed by atoms with Gasteiger partial charge in [0.25, 0.3) is 0 Å². The summed E-state index contributed by atoms with van der Waals surface area (Å²) in [5.41, 5.74) is 1.09. The molecule has 1 aliphatic rings. The van der Waals surface area contributed by atoms with Crippen molar-refractivity contribution in [2.75, 3.05) is 13.7 Å². The molecule has 1 heterocycles. The molecule has 1 saturated heterocycles. The van der Waals surface area contributed by atoms with Crippen LogP contribution >= 0.6 is 0 Å². The van der Waals surface area contributed by atoms with Crippen molar-refractivity contribution in [2.45, 2.75) is 44.6 Å². The first-order chi connectivity index (χ1) is 10.5. The van der Waals surface area contributed by atoms with E-state index in [0.717, 1.165) is 24.2 Å². The SMILES string of the molecule is COc1ccc(C(C)CC(=O)N2CCCC2CC(=O)O)cc1. The lowest BCUT2D eigenvalue weighted by molar-refractivity contribution is -0.140. The summed E-state index contributed by atoms with van der Waals surface area (Å²) < 4.78 is 5.13. The number of ether oxygens (including phenoxy) is 1. The number of aliphatic carboxylic acids is 1. The maximum atomic E-state index is 12.5. The number of carbonyl (C=O) groups is 2. The standard InChI is InChI=1S/C17H23NO4/c1-12(13-5-7-15(22-2)8-6-13)10-16(19)18-9-3-4-14(18)11-17(20)21/h5-8,12,14H,3-4,9-11H2,1-2H3,(H,20,21). The molecule has 1 aliphatic heterocycles. The Morgan fingerprint density at radius 3 is 2.64 bits per heavy atom. The topological polar surface area (TPSA) is 66.8 Å². The quantitative estimate of drug-likeness (QED) is 0.877. The Hall–Kier alpha value is -2.04. The molecule has 1 aromatic rings. The molecule has 1 amide bonds. The molecule has 2 rings (SSSR count). The Kier molecular flexibility index (Phi) is 5.41. The van der Waals surface area contributed by atoms with Gasteiger partial charge >= 0.3 is 5.97 Å². The highest BCUT2D eigenvalue weighted by Crippen LogP contribution is 2.26. The fourth-order valence-corrected chi connectivity index (χ4v) is 3.01. The fourth-order valence-electron chi connectivity index (χ4n) is 3.01. The van der Waals surface area contributed by atoms with Gasteiger partial charge in [-0.2, -0.15) is 0 Å². The number of carbonyl (C=O) groups excluding carboxylic acids is 1. The molecule has 120 valence electrons. The smallest absolute Gasteiger partial charge is 0.305 e. The van der Waals surface area contributed by atoms with Crippen LogP contribution < -0.4 is 4.74 Å². The van der Waals surface area contributed by atoms with E-state index in [1.54, 1.807) is 12.0 Å². The average molecular weight is 305 g/mol. The molecule has 22 heavy (non-hydrogen) atoms. The number of carboxylic acid groups (broad SMARTS) is 1. The summed E-state index contributed by atoms with van der Waals surface area (Å²) in [7, 11) is 1.62. The fraction of sp³-hybridized carbons (Fsp3) is 0.529. The third-order valence-electron chi connectivity index (χ3n) is 4.27. The van der Waals surface area contributed by atoms with Gasteiger partial charge < -0.3 is 14.7 Å². The molecule has 0 radical (unpaired) electrons. The number of carboxylic acids is 1. The second kappa shape index (κ2) is 7.29. The summed E-state index contributed by atoms with van der Waals surface area (Å²) in [6.45, 7) is 2.69. The lowest BCUT2D eigenvalue weighted by atomic mass is 9.97. The molecule has 1 N–H and O–H groups in total. The number of nitrogens with zero attached hydrogens (tertiary/aromatic N) is 1. The Morgan fingerprint density at radius 1 is 1.36 bits per heavy atom. The number of rotatable bonds is 6. The van der Waals surface area contributed by atoms with Crippen LogP contribution in [0.1, 0.15) is 44.1 Å². The second-order valence-corrected chi connectivity index (χ2v) is 5.86. The van der Waals surface area contributed by atoms with Crippen LogP contribution in [0, 0.1) is 0 Å². The highest BCUT2D eigenvalue weighted by molar-refractivity contribution is 5.78. The first-order valence-corrected chi connectivity index (χ1v) is 7.66. The molecule has 5 nitrogen and oxygen atoms in total. The van der Waals surface area contributed by atoms with Crippen LogP contribution in [-0.2, 0) is 9.59 Å². The van der Waals surface area contributed by atoms with Crippen molar-refractivity contribution in [1.82, 2.24) is 4.90 Å². The first kappa shape index (κ1) is 16.3. The van der Waals surface area contributed by atoms with Crippen LogP contribution in [0.3, 0.4) is 0 Å². The zero-order valence-electron chi connectivity index (χ0n) is 13.1. The predicted molar refractivity (Wildman–Crippen MR) is 83.0 cm³/mol. The Labute approximate surface area is 130 Å². The van der Waals surface area contributed by atoms with Crippen molar-refractivity contribution in [3.05, 3.63) is 29.8 Å². The molecular formula is C17H23NO4. The van der Waals surface area contributed by atoms with E-state index >= 15 is 0 Å². The molecule has 0 spiro atoms. The number of likely N-dealkylation sites (tertiary alicyclic amines) is 1. The van der Waals surface area contributed by atoms with Crippen LogP contribution in [0.25, 0.3) is 0 Å². The third-order valence-corrected chi connectivity index (χ3v) is 4.27. The first-order valence-electron chi connectivity index (χ1n) is 7.66. The Morgan fingerprint density at radius 2 is 2.05 bits per heavy atom. The van der Waals surface area contributed by atoms with E-state index in [4.69, 9.17) is 9.84 Å². The van der Waals surface area contributed by atoms with Gasteiger partial charge in [0.2, 0.25) is 5.91 Å². The predicted octanol–water partition coefficient (Wildman–Crippen LogP) is 2.65. The number of hydrogen-bond donors (Lipinski definition) is 1. The van der Waals surface area contributed by atoms with E-state index < -0.39 is 5.97 Å². The largest absolute Gasteiger partial charge is 0.497 e. The van der Waals surface area contributed by atoms with Crippen molar-refractivity contribution in [2.24, 2.45) is 0 Å². The highest BCUT2D eigenvalue weighted by Gasteiger charge is 2.30. The molecule has 2 unspecified atom stereocenters. The monoisotopic (exact) mass is 305 g/mol. The van der Waals surface area contributed by atoms with Crippen molar-refractivity contribution in [3.63, 3.8) is 0 Å². The van der Waals surface area contributed by atoms with Gasteiger partial charge in [-0.1, -0.05) is 19.1 Å². The number of amides is 1. The van der Waals surface area contributed by atoms with E-state index in [2.05, 4.69) is 0 Å². The lowest BCUT2D eigenvalue weighted by Gasteiger charge is -2.25. The molecule has 5 heteroatoms. The highest BCUT2D eigenvalue weighted by atomic mass is 16.5. The summed E-state index contributed by atoms with van der Waals surface area (Å²) in [4.78, 5) is 25.1. The van der Waals surface area contributed by atoms with Gasteiger partial charge in [-0.15, -0.1) is 0 Å². The van der Waals surface area contributed by atoms with Crippen LogP contribution in [0.4, 0.5) is 0 Å².